The minimum absolute atomic E-state index is 0.467. The Balaban J connectivity index is 2.20. The van der Waals surface area contributed by atoms with Crippen LogP contribution in [0.25, 0.3) is 0 Å². The first-order valence-electron chi connectivity index (χ1n) is 6.07. The zero-order valence-electron chi connectivity index (χ0n) is 10.6. The van der Waals surface area contributed by atoms with E-state index in [1.165, 1.54) is 25.5 Å². The number of unbranched alkanes of at least 4 members (excludes halogenated alkanes) is 3. The van der Waals surface area contributed by atoms with Crippen LogP contribution in [0.1, 0.15) is 32.6 Å². The zero-order valence-corrected chi connectivity index (χ0v) is 10.6. The van der Waals surface area contributed by atoms with E-state index in [1.807, 2.05) is 29.2 Å². The molecule has 0 aliphatic carbocycles. The van der Waals surface area contributed by atoms with Gasteiger partial charge >= 0.3 is 0 Å². The van der Waals surface area contributed by atoms with Crippen molar-refractivity contribution in [1.29, 1.82) is 0 Å². The highest BCUT2D eigenvalue weighted by Crippen LogP contribution is 2.17. The fourth-order valence-corrected chi connectivity index (χ4v) is 1.65. The van der Waals surface area contributed by atoms with Gasteiger partial charge in [0.25, 0.3) is 0 Å². The number of nitrogens with zero attached hydrogens (tertiary/aromatic N) is 3. The van der Waals surface area contributed by atoms with Crippen molar-refractivity contribution in [2.75, 3.05) is 20.4 Å². The second-order valence-electron chi connectivity index (χ2n) is 4.07. The molecule has 0 aromatic carbocycles. The molecule has 1 heterocycles. The summed E-state index contributed by atoms with van der Waals surface area (Å²) in [5.41, 5.74) is 0. The van der Waals surface area contributed by atoms with Crippen molar-refractivity contribution in [3.05, 3.63) is 29.3 Å². The maximum atomic E-state index is 10.3. The summed E-state index contributed by atoms with van der Waals surface area (Å²) in [6.07, 6.45) is 9.84. The highest BCUT2D eigenvalue weighted by molar-refractivity contribution is 5.12. The van der Waals surface area contributed by atoms with Crippen LogP contribution in [-0.4, -0.2) is 30.2 Å². The van der Waals surface area contributed by atoms with Crippen molar-refractivity contribution in [1.82, 2.24) is 9.80 Å². The van der Waals surface area contributed by atoms with E-state index in [0.29, 0.717) is 6.73 Å². The van der Waals surface area contributed by atoms with Crippen LogP contribution in [0, 0.1) is 4.91 Å². The van der Waals surface area contributed by atoms with E-state index in [9.17, 15) is 4.91 Å². The molecule has 1 aliphatic heterocycles. The SMILES string of the molecule is CCCCCCOCN1C=CN(C)/C1=C/N=O. The average Bonchev–Trinajstić information content (AvgIpc) is 2.66. The highest BCUT2D eigenvalue weighted by Gasteiger charge is 2.16. The van der Waals surface area contributed by atoms with Gasteiger partial charge in [-0.15, -0.1) is 4.91 Å². The zero-order chi connectivity index (χ0) is 12.5. The lowest BCUT2D eigenvalue weighted by atomic mass is 10.2. The smallest absolute Gasteiger partial charge is 0.136 e. The lowest BCUT2D eigenvalue weighted by Gasteiger charge is -2.20. The van der Waals surface area contributed by atoms with Crippen LogP contribution in [0.2, 0.25) is 0 Å². The first kappa shape index (κ1) is 13.7. The first-order chi connectivity index (χ1) is 8.29. The predicted molar refractivity (Wildman–Crippen MR) is 67.6 cm³/mol. The molecule has 0 fully saturated rings. The molecule has 0 radical (unpaired) electrons. The fraction of sp³-hybridized carbons (Fsp3) is 0.667. The van der Waals surface area contributed by atoms with Crippen LogP contribution in [0.3, 0.4) is 0 Å². The molecule has 0 unspecified atom stereocenters. The molecule has 1 aliphatic rings. The summed E-state index contributed by atoms with van der Waals surface area (Å²) in [4.78, 5) is 13.9. The Morgan fingerprint density at radius 1 is 1.35 bits per heavy atom. The lowest BCUT2D eigenvalue weighted by molar-refractivity contribution is 0.0629. The maximum absolute atomic E-state index is 10.3. The molecule has 5 heteroatoms. The van der Waals surface area contributed by atoms with Gasteiger partial charge in [-0.3, -0.25) is 0 Å². The van der Waals surface area contributed by atoms with E-state index in [0.717, 1.165) is 18.8 Å². The summed E-state index contributed by atoms with van der Waals surface area (Å²) in [7, 11) is 1.87. The second kappa shape index (κ2) is 7.84. The molecule has 0 saturated heterocycles. The predicted octanol–water partition coefficient (Wildman–Crippen LogP) is 2.82. The Morgan fingerprint density at radius 2 is 2.18 bits per heavy atom. The molecule has 5 nitrogen and oxygen atoms in total. The molecule has 0 aromatic rings. The normalized spacial score (nSPS) is 17.2. The third-order valence-corrected chi connectivity index (χ3v) is 2.67. The van der Waals surface area contributed by atoms with E-state index >= 15 is 0 Å². The standard InChI is InChI=1S/C12H21N3O2/c1-3-4-5-6-9-17-11-15-8-7-14(2)12(15)10-13-16/h7-8,10H,3-6,9,11H2,1-2H3/b12-10-. The van der Waals surface area contributed by atoms with Gasteiger partial charge in [0.15, 0.2) is 0 Å². The molecule has 0 saturated carbocycles. The third kappa shape index (κ3) is 4.56. The minimum Gasteiger partial charge on any atom is -0.361 e. The number of hydrogen-bond acceptors (Lipinski definition) is 5. The van der Waals surface area contributed by atoms with Gasteiger partial charge in [0.2, 0.25) is 0 Å². The molecule has 0 atom stereocenters. The topological polar surface area (TPSA) is 45.1 Å². The summed E-state index contributed by atoms with van der Waals surface area (Å²) >= 11 is 0. The Hall–Kier alpha value is -1.36. The van der Waals surface area contributed by atoms with E-state index in [-0.39, 0.29) is 0 Å². The quantitative estimate of drug-likeness (QED) is 0.482. The highest BCUT2D eigenvalue weighted by atomic mass is 16.5. The van der Waals surface area contributed by atoms with Crippen molar-refractivity contribution >= 4 is 0 Å². The Kier molecular flexibility index (Phi) is 6.32. The largest absolute Gasteiger partial charge is 0.361 e. The molecule has 0 aromatic heterocycles. The van der Waals surface area contributed by atoms with Crippen molar-refractivity contribution in [3.8, 4) is 0 Å². The van der Waals surface area contributed by atoms with Gasteiger partial charge < -0.3 is 14.5 Å². The molecular weight excluding hydrogens is 218 g/mol. The summed E-state index contributed by atoms with van der Waals surface area (Å²) < 4.78 is 5.55. The Bertz CT molecular complexity index is 289. The Labute approximate surface area is 103 Å². The molecule has 0 amide bonds. The van der Waals surface area contributed by atoms with E-state index in [2.05, 4.69) is 12.1 Å². The van der Waals surface area contributed by atoms with Gasteiger partial charge in [-0.25, -0.2) is 0 Å². The van der Waals surface area contributed by atoms with Gasteiger partial charge in [0, 0.05) is 26.1 Å². The molecule has 0 spiro atoms. The number of hydrogen-bond donors (Lipinski definition) is 0. The molecule has 17 heavy (non-hydrogen) atoms. The van der Waals surface area contributed by atoms with Crippen LogP contribution < -0.4 is 0 Å². The summed E-state index contributed by atoms with van der Waals surface area (Å²) in [5.74, 6) is 0.744. The van der Waals surface area contributed by atoms with Gasteiger partial charge in [-0.1, -0.05) is 26.2 Å². The Morgan fingerprint density at radius 3 is 2.88 bits per heavy atom. The number of rotatable bonds is 8. The van der Waals surface area contributed by atoms with Crippen LogP contribution >= 0.6 is 0 Å². The second-order valence-corrected chi connectivity index (χ2v) is 4.07. The molecule has 0 N–H and O–H groups in total. The van der Waals surface area contributed by atoms with Gasteiger partial charge in [0.1, 0.15) is 18.8 Å². The van der Waals surface area contributed by atoms with Crippen LogP contribution in [0.15, 0.2) is 29.6 Å². The van der Waals surface area contributed by atoms with Crippen LogP contribution in [-0.2, 0) is 4.74 Å². The third-order valence-electron chi connectivity index (χ3n) is 2.67. The van der Waals surface area contributed by atoms with Crippen molar-refractivity contribution in [3.63, 3.8) is 0 Å². The summed E-state index contributed by atoms with van der Waals surface area (Å²) in [6, 6.07) is 0. The van der Waals surface area contributed by atoms with Gasteiger partial charge in [-0.2, -0.15) is 0 Å². The van der Waals surface area contributed by atoms with Crippen molar-refractivity contribution < 1.29 is 4.74 Å². The summed E-state index contributed by atoms with van der Waals surface area (Å²) in [6.45, 7) is 3.42. The van der Waals surface area contributed by atoms with Crippen molar-refractivity contribution in [2.45, 2.75) is 32.6 Å². The van der Waals surface area contributed by atoms with Gasteiger partial charge in [-0.05, 0) is 11.6 Å². The lowest BCUT2D eigenvalue weighted by Crippen LogP contribution is -2.22. The number of ether oxygens (including phenoxy) is 1. The monoisotopic (exact) mass is 239 g/mol. The molecule has 96 valence electrons. The molecular formula is C12H21N3O2. The minimum atomic E-state index is 0.467. The fourth-order valence-electron chi connectivity index (χ4n) is 1.65. The summed E-state index contributed by atoms with van der Waals surface area (Å²) in [5, 5.41) is 2.80. The first-order valence-corrected chi connectivity index (χ1v) is 6.07. The van der Waals surface area contributed by atoms with Crippen LogP contribution in [0.4, 0.5) is 0 Å². The molecule has 1 rings (SSSR count). The van der Waals surface area contributed by atoms with E-state index in [4.69, 9.17) is 4.74 Å². The van der Waals surface area contributed by atoms with E-state index in [1.54, 1.807) is 0 Å². The van der Waals surface area contributed by atoms with E-state index < -0.39 is 0 Å². The van der Waals surface area contributed by atoms with Gasteiger partial charge in [0.05, 0.1) is 0 Å². The molecule has 0 bridgehead atoms. The van der Waals surface area contributed by atoms with Crippen molar-refractivity contribution in [2.24, 2.45) is 5.18 Å². The maximum Gasteiger partial charge on any atom is 0.136 e. The number of nitroso groups, excluding NO2 is 1. The average molecular weight is 239 g/mol. The van der Waals surface area contributed by atoms with Crippen LogP contribution in [0.5, 0.6) is 0 Å².